The minimum atomic E-state index is -0.518. The Hall–Kier alpha value is -1.61. The molecule has 0 aliphatic heterocycles. The highest BCUT2D eigenvalue weighted by Gasteiger charge is 2.05. The van der Waals surface area contributed by atoms with Crippen LogP contribution in [0.4, 0.5) is 0 Å². The van der Waals surface area contributed by atoms with Crippen LogP contribution in [0.2, 0.25) is 0 Å². The van der Waals surface area contributed by atoms with E-state index in [1.807, 2.05) is 12.1 Å². The van der Waals surface area contributed by atoms with E-state index in [2.05, 4.69) is 11.4 Å². The third kappa shape index (κ3) is 4.34. The molecule has 0 fully saturated rings. The third-order valence-electron chi connectivity index (χ3n) is 2.45. The first-order chi connectivity index (χ1) is 8.71. The van der Waals surface area contributed by atoms with E-state index in [-0.39, 0.29) is 0 Å². The first-order valence-corrected chi connectivity index (χ1v) is 5.66. The van der Waals surface area contributed by atoms with Gasteiger partial charge >= 0.3 is 0 Å². The molecule has 0 amide bonds. The molecule has 1 unspecified atom stereocenters. The average Bonchev–Trinajstić information content (AvgIpc) is 2.38. The summed E-state index contributed by atoms with van der Waals surface area (Å²) in [4.78, 5) is 0. The standard InChI is InChI=1S/C13H18N2O3/c1-17-9-12(16)8-15-7-10-3-4-11(6-14)13(5-10)18-2/h3-5,12,15-16H,7-9H2,1-2H3. The summed E-state index contributed by atoms with van der Waals surface area (Å²) in [6, 6.07) is 7.46. The molecule has 1 aromatic carbocycles. The number of aliphatic hydroxyl groups excluding tert-OH is 1. The molecule has 0 saturated carbocycles. The van der Waals surface area contributed by atoms with Crippen molar-refractivity contribution >= 4 is 0 Å². The predicted octanol–water partition coefficient (Wildman–Crippen LogP) is 0.664. The van der Waals surface area contributed by atoms with Gasteiger partial charge in [0, 0.05) is 20.2 Å². The zero-order chi connectivity index (χ0) is 13.4. The minimum absolute atomic E-state index is 0.309. The van der Waals surface area contributed by atoms with Crippen LogP contribution < -0.4 is 10.1 Å². The number of nitrogens with zero attached hydrogens (tertiary/aromatic N) is 1. The second kappa shape index (κ2) is 7.67. The maximum atomic E-state index is 9.45. The van der Waals surface area contributed by atoms with Crippen LogP contribution in [0.15, 0.2) is 18.2 Å². The lowest BCUT2D eigenvalue weighted by Gasteiger charge is -2.11. The Labute approximate surface area is 107 Å². The second-order valence-electron chi connectivity index (χ2n) is 3.89. The Morgan fingerprint density at radius 3 is 2.83 bits per heavy atom. The molecule has 0 saturated heterocycles. The monoisotopic (exact) mass is 250 g/mol. The number of hydrogen-bond donors (Lipinski definition) is 2. The molecule has 0 bridgehead atoms. The molecule has 0 aromatic heterocycles. The molecular formula is C13H18N2O3. The molecule has 0 aliphatic rings. The van der Waals surface area contributed by atoms with Crippen molar-refractivity contribution in [2.75, 3.05) is 27.4 Å². The summed E-state index contributed by atoms with van der Waals surface area (Å²) in [6.07, 6.45) is -0.518. The summed E-state index contributed by atoms with van der Waals surface area (Å²) in [6.45, 7) is 1.36. The predicted molar refractivity (Wildman–Crippen MR) is 67.3 cm³/mol. The summed E-state index contributed by atoms with van der Waals surface area (Å²) in [5.74, 6) is 0.564. The Morgan fingerprint density at radius 2 is 2.22 bits per heavy atom. The van der Waals surface area contributed by atoms with E-state index in [1.165, 1.54) is 7.11 Å². The quantitative estimate of drug-likeness (QED) is 0.743. The van der Waals surface area contributed by atoms with Crippen molar-refractivity contribution in [2.24, 2.45) is 0 Å². The molecule has 18 heavy (non-hydrogen) atoms. The lowest BCUT2D eigenvalue weighted by Crippen LogP contribution is -2.29. The first-order valence-electron chi connectivity index (χ1n) is 5.66. The molecule has 5 heteroatoms. The normalized spacial score (nSPS) is 11.9. The van der Waals surface area contributed by atoms with Crippen LogP contribution in [0.25, 0.3) is 0 Å². The number of methoxy groups -OCH3 is 2. The van der Waals surface area contributed by atoms with Crippen molar-refractivity contribution < 1.29 is 14.6 Å². The molecule has 0 aliphatic carbocycles. The molecular weight excluding hydrogens is 232 g/mol. The summed E-state index contributed by atoms with van der Waals surface area (Å²) < 4.78 is 9.95. The maximum absolute atomic E-state index is 9.45. The fraction of sp³-hybridized carbons (Fsp3) is 0.462. The minimum Gasteiger partial charge on any atom is -0.495 e. The van der Waals surface area contributed by atoms with E-state index in [1.54, 1.807) is 13.2 Å². The molecule has 2 N–H and O–H groups in total. The smallest absolute Gasteiger partial charge is 0.136 e. The summed E-state index contributed by atoms with van der Waals surface area (Å²) >= 11 is 0. The molecule has 5 nitrogen and oxygen atoms in total. The van der Waals surface area contributed by atoms with Gasteiger partial charge in [0.25, 0.3) is 0 Å². The number of rotatable bonds is 7. The number of nitriles is 1. The van der Waals surface area contributed by atoms with E-state index in [0.29, 0.717) is 31.0 Å². The van der Waals surface area contributed by atoms with Gasteiger partial charge in [-0.15, -0.1) is 0 Å². The number of nitrogens with one attached hydrogen (secondary N) is 1. The van der Waals surface area contributed by atoms with Crippen LogP contribution in [0, 0.1) is 11.3 Å². The average molecular weight is 250 g/mol. The van der Waals surface area contributed by atoms with Crippen LogP contribution in [-0.2, 0) is 11.3 Å². The molecule has 1 aromatic rings. The third-order valence-corrected chi connectivity index (χ3v) is 2.45. The highest BCUT2D eigenvalue weighted by atomic mass is 16.5. The Balaban J connectivity index is 2.51. The molecule has 0 heterocycles. The second-order valence-corrected chi connectivity index (χ2v) is 3.89. The Kier molecular flexibility index (Phi) is 6.15. The summed E-state index contributed by atoms with van der Waals surface area (Å²) in [5, 5.41) is 21.4. The van der Waals surface area contributed by atoms with Gasteiger partial charge in [-0.25, -0.2) is 0 Å². The van der Waals surface area contributed by atoms with Gasteiger partial charge in [0.05, 0.1) is 25.4 Å². The number of ether oxygens (including phenoxy) is 2. The van der Waals surface area contributed by atoms with Gasteiger partial charge in [0.1, 0.15) is 11.8 Å². The van der Waals surface area contributed by atoms with Gasteiger partial charge in [0.2, 0.25) is 0 Å². The molecule has 0 radical (unpaired) electrons. The van der Waals surface area contributed by atoms with Crippen molar-refractivity contribution in [3.8, 4) is 11.8 Å². The SMILES string of the molecule is COCC(O)CNCc1ccc(C#N)c(OC)c1. The molecule has 1 atom stereocenters. The molecule has 0 spiro atoms. The Bertz CT molecular complexity index is 415. The van der Waals surface area contributed by atoms with E-state index >= 15 is 0 Å². The van der Waals surface area contributed by atoms with E-state index in [0.717, 1.165) is 5.56 Å². The molecule has 98 valence electrons. The summed E-state index contributed by atoms with van der Waals surface area (Å²) in [5.41, 5.74) is 1.51. The highest BCUT2D eigenvalue weighted by molar-refractivity contribution is 5.45. The van der Waals surface area contributed by atoms with Crippen LogP contribution in [0.1, 0.15) is 11.1 Å². The van der Waals surface area contributed by atoms with E-state index in [9.17, 15) is 5.11 Å². The maximum Gasteiger partial charge on any atom is 0.136 e. The fourth-order valence-electron chi connectivity index (χ4n) is 1.57. The van der Waals surface area contributed by atoms with Crippen LogP contribution in [0.3, 0.4) is 0 Å². The first kappa shape index (κ1) is 14.5. The van der Waals surface area contributed by atoms with Crippen LogP contribution >= 0.6 is 0 Å². The number of benzene rings is 1. The van der Waals surface area contributed by atoms with Gasteiger partial charge < -0.3 is 19.9 Å². The zero-order valence-electron chi connectivity index (χ0n) is 10.6. The van der Waals surface area contributed by atoms with Crippen molar-refractivity contribution in [3.05, 3.63) is 29.3 Å². The van der Waals surface area contributed by atoms with Gasteiger partial charge in [-0.05, 0) is 17.7 Å². The van der Waals surface area contributed by atoms with Gasteiger partial charge in [0.15, 0.2) is 0 Å². The molecule has 1 rings (SSSR count). The highest BCUT2D eigenvalue weighted by Crippen LogP contribution is 2.18. The van der Waals surface area contributed by atoms with Gasteiger partial charge in [-0.3, -0.25) is 0 Å². The van der Waals surface area contributed by atoms with Crippen molar-refractivity contribution in [1.29, 1.82) is 5.26 Å². The fourth-order valence-corrected chi connectivity index (χ4v) is 1.57. The van der Waals surface area contributed by atoms with Crippen LogP contribution in [0.5, 0.6) is 5.75 Å². The van der Waals surface area contributed by atoms with Crippen LogP contribution in [-0.4, -0.2) is 38.6 Å². The van der Waals surface area contributed by atoms with Gasteiger partial charge in [-0.2, -0.15) is 5.26 Å². The van der Waals surface area contributed by atoms with E-state index in [4.69, 9.17) is 14.7 Å². The largest absolute Gasteiger partial charge is 0.495 e. The lowest BCUT2D eigenvalue weighted by molar-refractivity contribution is 0.0644. The van der Waals surface area contributed by atoms with Crippen molar-refractivity contribution in [1.82, 2.24) is 5.32 Å². The van der Waals surface area contributed by atoms with Gasteiger partial charge in [-0.1, -0.05) is 6.07 Å². The number of aliphatic hydroxyl groups is 1. The number of hydrogen-bond acceptors (Lipinski definition) is 5. The summed E-state index contributed by atoms with van der Waals surface area (Å²) in [7, 11) is 3.09. The topological polar surface area (TPSA) is 74.5 Å². The van der Waals surface area contributed by atoms with Crippen molar-refractivity contribution in [2.45, 2.75) is 12.6 Å². The lowest BCUT2D eigenvalue weighted by atomic mass is 10.1. The Morgan fingerprint density at radius 1 is 1.44 bits per heavy atom. The van der Waals surface area contributed by atoms with Crippen molar-refractivity contribution in [3.63, 3.8) is 0 Å². The zero-order valence-corrected chi connectivity index (χ0v) is 10.6. The van der Waals surface area contributed by atoms with E-state index < -0.39 is 6.10 Å².